The van der Waals surface area contributed by atoms with Gasteiger partial charge in [-0.15, -0.1) is 6.58 Å². The number of amides is 2. The number of amidine groups is 1. The minimum atomic E-state index is -0.507. The number of hydrogen-bond acceptors (Lipinski definition) is 4. The number of hydrogen-bond donors (Lipinski definition) is 1. The number of fused-ring (bicyclic) bond motifs is 1. The Labute approximate surface area is 179 Å². The van der Waals surface area contributed by atoms with Crippen LogP contribution in [0.1, 0.15) is 6.42 Å². The van der Waals surface area contributed by atoms with Crippen LogP contribution in [0.2, 0.25) is 0 Å². The van der Waals surface area contributed by atoms with Gasteiger partial charge >= 0.3 is 0 Å². The van der Waals surface area contributed by atoms with Gasteiger partial charge in [-0.25, -0.2) is 4.99 Å². The zero-order valence-corrected chi connectivity index (χ0v) is 17.1. The highest BCUT2D eigenvalue weighted by atomic mass is 32.2. The highest BCUT2D eigenvalue weighted by molar-refractivity contribution is 8.15. The van der Waals surface area contributed by atoms with Gasteiger partial charge in [0, 0.05) is 18.7 Å². The summed E-state index contributed by atoms with van der Waals surface area (Å²) in [5, 5.41) is 5.16. The molecule has 1 aliphatic heterocycles. The molecule has 0 spiro atoms. The average Bonchev–Trinajstić information content (AvgIpc) is 3.03. The summed E-state index contributed by atoms with van der Waals surface area (Å²) in [5.74, 6) is -0.320. The van der Waals surface area contributed by atoms with Gasteiger partial charge in [-0.2, -0.15) is 0 Å². The average molecular weight is 416 g/mol. The monoisotopic (exact) mass is 415 g/mol. The number of anilines is 1. The fourth-order valence-corrected chi connectivity index (χ4v) is 4.45. The molecule has 30 heavy (non-hydrogen) atoms. The lowest BCUT2D eigenvalue weighted by atomic mass is 10.1. The van der Waals surface area contributed by atoms with Crippen LogP contribution < -0.4 is 5.32 Å². The number of carbonyl (C=O) groups excluding carboxylic acids is 2. The van der Waals surface area contributed by atoms with Gasteiger partial charge in [0.2, 0.25) is 11.8 Å². The van der Waals surface area contributed by atoms with Crippen molar-refractivity contribution in [1.82, 2.24) is 4.90 Å². The van der Waals surface area contributed by atoms with Crippen molar-refractivity contribution in [3.63, 3.8) is 0 Å². The number of nitrogens with zero attached hydrogens (tertiary/aromatic N) is 2. The first-order valence-electron chi connectivity index (χ1n) is 9.65. The van der Waals surface area contributed by atoms with E-state index in [2.05, 4.69) is 16.9 Å². The number of para-hydroxylation sites is 1. The van der Waals surface area contributed by atoms with Crippen molar-refractivity contribution in [2.75, 3.05) is 11.9 Å². The SMILES string of the molecule is C=CCN1C(=O)C(CC(=O)Nc2ccc3ccccc3c2)SC1=Nc1ccccc1. The number of nitrogens with one attached hydrogen (secondary N) is 1. The Bertz CT molecular complexity index is 1130. The van der Waals surface area contributed by atoms with E-state index in [0.717, 1.165) is 22.1 Å². The third-order valence-corrected chi connectivity index (χ3v) is 5.89. The molecule has 1 N–H and O–H groups in total. The summed E-state index contributed by atoms with van der Waals surface area (Å²) >= 11 is 1.32. The Balaban J connectivity index is 1.47. The van der Waals surface area contributed by atoms with Crippen LogP contribution in [0.5, 0.6) is 0 Å². The van der Waals surface area contributed by atoms with Gasteiger partial charge in [0.25, 0.3) is 0 Å². The molecule has 1 fully saturated rings. The first kappa shape index (κ1) is 19.9. The van der Waals surface area contributed by atoms with Gasteiger partial charge in [0.15, 0.2) is 5.17 Å². The molecule has 3 aromatic rings. The smallest absolute Gasteiger partial charge is 0.242 e. The number of aliphatic imine (C=N–C) groups is 1. The van der Waals surface area contributed by atoms with E-state index in [-0.39, 0.29) is 18.2 Å². The number of carbonyl (C=O) groups is 2. The van der Waals surface area contributed by atoms with Crippen molar-refractivity contribution < 1.29 is 9.59 Å². The third-order valence-electron chi connectivity index (χ3n) is 4.72. The number of thioether (sulfide) groups is 1. The molecule has 4 rings (SSSR count). The van der Waals surface area contributed by atoms with E-state index in [1.165, 1.54) is 11.8 Å². The summed E-state index contributed by atoms with van der Waals surface area (Å²) in [7, 11) is 0. The second-order valence-corrected chi connectivity index (χ2v) is 8.06. The summed E-state index contributed by atoms with van der Waals surface area (Å²) < 4.78 is 0. The normalized spacial score (nSPS) is 17.5. The topological polar surface area (TPSA) is 61.8 Å². The molecule has 0 aliphatic carbocycles. The molecular weight excluding hydrogens is 394 g/mol. The van der Waals surface area contributed by atoms with Crippen LogP contribution in [0.3, 0.4) is 0 Å². The molecular formula is C24H21N3O2S. The lowest BCUT2D eigenvalue weighted by Crippen LogP contribution is -2.33. The second-order valence-electron chi connectivity index (χ2n) is 6.89. The maximum Gasteiger partial charge on any atom is 0.242 e. The maximum atomic E-state index is 12.9. The molecule has 6 heteroatoms. The zero-order valence-electron chi connectivity index (χ0n) is 16.3. The summed E-state index contributed by atoms with van der Waals surface area (Å²) in [4.78, 5) is 31.7. The molecule has 0 aromatic heterocycles. The second kappa shape index (κ2) is 8.97. The molecule has 1 saturated heterocycles. The predicted molar refractivity (Wildman–Crippen MR) is 124 cm³/mol. The Kier molecular flexibility index (Phi) is 5.95. The first-order valence-corrected chi connectivity index (χ1v) is 10.5. The quantitative estimate of drug-likeness (QED) is 0.577. The molecule has 1 aliphatic rings. The van der Waals surface area contributed by atoms with Gasteiger partial charge in [0.05, 0.1) is 5.69 Å². The number of rotatable bonds is 6. The molecule has 1 unspecified atom stereocenters. The Hall–Kier alpha value is -3.38. The van der Waals surface area contributed by atoms with Crippen LogP contribution in [0.25, 0.3) is 10.8 Å². The van der Waals surface area contributed by atoms with Gasteiger partial charge in [-0.1, -0.05) is 66.4 Å². The summed E-state index contributed by atoms with van der Waals surface area (Å²) in [6, 6.07) is 23.2. The van der Waals surface area contributed by atoms with Gasteiger partial charge in [-0.05, 0) is 35.0 Å². The van der Waals surface area contributed by atoms with E-state index in [4.69, 9.17) is 0 Å². The predicted octanol–water partition coefficient (Wildman–Crippen LogP) is 4.99. The molecule has 2 amide bonds. The minimum Gasteiger partial charge on any atom is -0.326 e. The Morgan fingerprint density at radius 3 is 2.57 bits per heavy atom. The van der Waals surface area contributed by atoms with Crippen LogP contribution in [0, 0.1) is 0 Å². The Morgan fingerprint density at radius 2 is 1.80 bits per heavy atom. The molecule has 0 bridgehead atoms. The van der Waals surface area contributed by atoms with E-state index in [1.807, 2.05) is 72.8 Å². The highest BCUT2D eigenvalue weighted by Crippen LogP contribution is 2.32. The molecule has 1 atom stereocenters. The maximum absolute atomic E-state index is 12.9. The summed E-state index contributed by atoms with van der Waals surface area (Å²) in [5.41, 5.74) is 1.48. The van der Waals surface area contributed by atoms with Crippen LogP contribution in [-0.2, 0) is 9.59 Å². The zero-order chi connectivity index (χ0) is 20.9. The van der Waals surface area contributed by atoms with Crippen LogP contribution in [-0.4, -0.2) is 33.7 Å². The molecule has 1 heterocycles. The largest absolute Gasteiger partial charge is 0.326 e. The summed E-state index contributed by atoms with van der Waals surface area (Å²) in [6.45, 7) is 4.09. The molecule has 150 valence electrons. The molecule has 0 saturated carbocycles. The van der Waals surface area contributed by atoms with Crippen LogP contribution >= 0.6 is 11.8 Å². The fraction of sp³-hybridized carbons (Fsp3) is 0.125. The van der Waals surface area contributed by atoms with Gasteiger partial charge in [-0.3, -0.25) is 14.5 Å². The third kappa shape index (κ3) is 4.44. The number of benzene rings is 3. The van der Waals surface area contributed by atoms with E-state index in [0.29, 0.717) is 11.7 Å². The van der Waals surface area contributed by atoms with Crippen molar-refractivity contribution in [1.29, 1.82) is 0 Å². The van der Waals surface area contributed by atoms with Crippen LogP contribution in [0.15, 0.2) is 90.4 Å². The first-order chi connectivity index (χ1) is 14.6. The van der Waals surface area contributed by atoms with Crippen LogP contribution in [0.4, 0.5) is 11.4 Å². The van der Waals surface area contributed by atoms with E-state index >= 15 is 0 Å². The fourth-order valence-electron chi connectivity index (χ4n) is 3.28. The van der Waals surface area contributed by atoms with Crippen molar-refractivity contribution in [2.24, 2.45) is 4.99 Å². The standard InChI is InChI=1S/C24H21N3O2S/c1-2-14-27-23(29)21(30-24(27)26-19-10-4-3-5-11-19)16-22(28)25-20-13-12-17-8-6-7-9-18(17)15-20/h2-13,15,21H,1,14,16H2,(H,25,28). The van der Waals surface area contributed by atoms with E-state index in [9.17, 15) is 9.59 Å². The Morgan fingerprint density at radius 1 is 1.07 bits per heavy atom. The lowest BCUT2D eigenvalue weighted by Gasteiger charge is -2.13. The summed E-state index contributed by atoms with van der Waals surface area (Å²) in [6.07, 6.45) is 1.74. The highest BCUT2D eigenvalue weighted by Gasteiger charge is 2.38. The van der Waals surface area contributed by atoms with Crippen molar-refractivity contribution in [2.45, 2.75) is 11.7 Å². The van der Waals surface area contributed by atoms with Gasteiger partial charge < -0.3 is 5.32 Å². The van der Waals surface area contributed by atoms with Crippen molar-refractivity contribution in [3.8, 4) is 0 Å². The van der Waals surface area contributed by atoms with Gasteiger partial charge in [0.1, 0.15) is 5.25 Å². The molecule has 5 nitrogen and oxygen atoms in total. The minimum absolute atomic E-state index is 0.0811. The van der Waals surface area contributed by atoms with E-state index in [1.54, 1.807) is 11.0 Å². The molecule has 3 aromatic carbocycles. The van der Waals surface area contributed by atoms with Crippen molar-refractivity contribution in [3.05, 3.63) is 85.5 Å². The lowest BCUT2D eigenvalue weighted by molar-refractivity contribution is -0.127. The van der Waals surface area contributed by atoms with E-state index < -0.39 is 5.25 Å². The molecule has 0 radical (unpaired) electrons. The van der Waals surface area contributed by atoms with Crippen molar-refractivity contribution >= 4 is 50.9 Å².